The third kappa shape index (κ3) is 3.97. The Morgan fingerprint density at radius 2 is 2.00 bits per heavy atom. The molecule has 2 amide bonds. The fourth-order valence-corrected chi connectivity index (χ4v) is 3.57. The maximum Gasteiger partial charge on any atom is 0.293 e. The van der Waals surface area contributed by atoms with Crippen LogP contribution in [0.25, 0.3) is 0 Å². The number of benzene rings is 2. The standard InChI is InChI=1S/C18H15N3O4S/c1-11-7-8-13(14(9-11)21(24)25)19-16(22)10-15-17(23)20-18(26-15)12-5-3-2-4-6-12/h2-9,15H,10H2,1H3,(H,19,22)/t15-/m0/s1. The maximum absolute atomic E-state index is 12.3. The van der Waals surface area contributed by atoms with E-state index >= 15 is 0 Å². The minimum atomic E-state index is -0.630. The highest BCUT2D eigenvalue weighted by Gasteiger charge is 2.31. The van der Waals surface area contributed by atoms with Crippen molar-refractivity contribution in [2.24, 2.45) is 4.99 Å². The van der Waals surface area contributed by atoms with E-state index in [2.05, 4.69) is 10.3 Å². The first-order valence-corrected chi connectivity index (χ1v) is 8.71. The van der Waals surface area contributed by atoms with Crippen LogP contribution in [0.1, 0.15) is 17.5 Å². The second-order valence-electron chi connectivity index (χ2n) is 5.76. The number of nitrogens with zero attached hydrogens (tertiary/aromatic N) is 2. The zero-order valence-corrected chi connectivity index (χ0v) is 14.7. The molecule has 2 aromatic rings. The summed E-state index contributed by atoms with van der Waals surface area (Å²) in [6, 6.07) is 13.8. The molecule has 0 spiro atoms. The molecule has 1 atom stereocenters. The van der Waals surface area contributed by atoms with Crippen LogP contribution in [-0.2, 0) is 9.59 Å². The smallest absolute Gasteiger partial charge is 0.293 e. The molecule has 1 N–H and O–H groups in total. The number of nitrogens with one attached hydrogen (secondary N) is 1. The Morgan fingerprint density at radius 1 is 1.27 bits per heavy atom. The van der Waals surface area contributed by atoms with Gasteiger partial charge in [-0.3, -0.25) is 19.7 Å². The molecule has 26 heavy (non-hydrogen) atoms. The van der Waals surface area contributed by atoms with Crippen LogP contribution in [0.2, 0.25) is 0 Å². The van der Waals surface area contributed by atoms with Crippen molar-refractivity contribution in [3.05, 3.63) is 69.8 Å². The third-order valence-electron chi connectivity index (χ3n) is 3.76. The molecule has 8 heteroatoms. The van der Waals surface area contributed by atoms with Gasteiger partial charge >= 0.3 is 0 Å². The largest absolute Gasteiger partial charge is 0.320 e. The first-order valence-electron chi connectivity index (χ1n) is 7.83. The number of carbonyl (C=O) groups is 2. The van der Waals surface area contributed by atoms with Gasteiger partial charge in [-0.05, 0) is 18.6 Å². The molecule has 2 aromatic carbocycles. The summed E-state index contributed by atoms with van der Waals surface area (Å²) in [5.74, 6) is -0.838. The average molecular weight is 369 g/mol. The van der Waals surface area contributed by atoms with E-state index in [4.69, 9.17) is 0 Å². The van der Waals surface area contributed by atoms with Crippen molar-refractivity contribution in [1.82, 2.24) is 0 Å². The lowest BCUT2D eigenvalue weighted by Crippen LogP contribution is -2.21. The summed E-state index contributed by atoms with van der Waals surface area (Å²) < 4.78 is 0. The van der Waals surface area contributed by atoms with Gasteiger partial charge in [-0.2, -0.15) is 0 Å². The Hall–Kier alpha value is -3.00. The number of aliphatic imine (C=N–C) groups is 1. The SMILES string of the molecule is Cc1ccc(NC(=O)C[C@@H]2SC(c3ccccc3)=NC2=O)c([N+](=O)[O-])c1. The van der Waals surface area contributed by atoms with Gasteiger partial charge in [-0.25, -0.2) is 4.99 Å². The lowest BCUT2D eigenvalue weighted by Gasteiger charge is -2.09. The van der Waals surface area contributed by atoms with Gasteiger partial charge in [-0.1, -0.05) is 48.2 Å². The van der Waals surface area contributed by atoms with Crippen LogP contribution in [-0.4, -0.2) is 27.0 Å². The van der Waals surface area contributed by atoms with Gasteiger partial charge in [0.2, 0.25) is 5.91 Å². The van der Waals surface area contributed by atoms with E-state index in [9.17, 15) is 19.7 Å². The molecule has 3 rings (SSSR count). The number of carbonyl (C=O) groups excluding carboxylic acids is 2. The number of anilines is 1. The molecule has 0 bridgehead atoms. The Bertz CT molecular complexity index is 912. The lowest BCUT2D eigenvalue weighted by molar-refractivity contribution is -0.384. The molecule has 7 nitrogen and oxygen atoms in total. The Morgan fingerprint density at radius 3 is 2.69 bits per heavy atom. The van der Waals surface area contributed by atoms with Crippen LogP contribution in [0, 0.1) is 17.0 Å². The highest BCUT2D eigenvalue weighted by Crippen LogP contribution is 2.30. The van der Waals surface area contributed by atoms with Gasteiger partial charge in [0.1, 0.15) is 16.0 Å². The summed E-state index contributed by atoms with van der Waals surface area (Å²) in [6.07, 6.45) is -0.103. The van der Waals surface area contributed by atoms with Crippen molar-refractivity contribution in [3.8, 4) is 0 Å². The molecule has 0 aromatic heterocycles. The van der Waals surface area contributed by atoms with Crippen LogP contribution < -0.4 is 5.32 Å². The molecule has 132 valence electrons. The van der Waals surface area contributed by atoms with Crippen LogP contribution in [0.5, 0.6) is 0 Å². The van der Waals surface area contributed by atoms with Gasteiger partial charge in [-0.15, -0.1) is 0 Å². The fraction of sp³-hybridized carbons (Fsp3) is 0.167. The Kier molecular flexibility index (Phi) is 5.13. The predicted octanol–water partition coefficient (Wildman–Crippen LogP) is 3.32. The van der Waals surface area contributed by atoms with E-state index < -0.39 is 16.1 Å². The molecule has 0 saturated carbocycles. The van der Waals surface area contributed by atoms with Crippen molar-refractivity contribution >= 4 is 40.0 Å². The van der Waals surface area contributed by atoms with Gasteiger partial charge < -0.3 is 5.32 Å². The second kappa shape index (κ2) is 7.49. The van der Waals surface area contributed by atoms with Crippen LogP contribution >= 0.6 is 11.8 Å². The minimum absolute atomic E-state index is 0.103. The van der Waals surface area contributed by atoms with Crippen molar-refractivity contribution in [2.45, 2.75) is 18.6 Å². The molecule has 1 heterocycles. The van der Waals surface area contributed by atoms with E-state index in [1.807, 2.05) is 30.3 Å². The lowest BCUT2D eigenvalue weighted by atomic mass is 10.2. The molecular weight excluding hydrogens is 354 g/mol. The van der Waals surface area contributed by atoms with Crippen molar-refractivity contribution < 1.29 is 14.5 Å². The number of amides is 2. The highest BCUT2D eigenvalue weighted by atomic mass is 32.2. The van der Waals surface area contributed by atoms with Crippen LogP contribution in [0.15, 0.2) is 53.5 Å². The van der Waals surface area contributed by atoms with Gasteiger partial charge in [0, 0.05) is 18.1 Å². The Balaban J connectivity index is 1.67. The van der Waals surface area contributed by atoms with E-state index in [-0.39, 0.29) is 23.7 Å². The average Bonchev–Trinajstić information content (AvgIpc) is 2.97. The zero-order valence-electron chi connectivity index (χ0n) is 13.8. The summed E-state index contributed by atoms with van der Waals surface area (Å²) >= 11 is 1.23. The topological polar surface area (TPSA) is 102 Å². The fourth-order valence-electron chi connectivity index (χ4n) is 2.49. The summed E-state index contributed by atoms with van der Waals surface area (Å²) in [4.78, 5) is 38.9. The van der Waals surface area contributed by atoms with Crippen molar-refractivity contribution in [1.29, 1.82) is 0 Å². The second-order valence-corrected chi connectivity index (χ2v) is 6.95. The summed E-state index contributed by atoms with van der Waals surface area (Å²) in [5.41, 5.74) is 1.48. The predicted molar refractivity (Wildman–Crippen MR) is 100 cm³/mol. The van der Waals surface area contributed by atoms with Gasteiger partial charge in [0.15, 0.2) is 0 Å². The van der Waals surface area contributed by atoms with Crippen LogP contribution in [0.3, 0.4) is 0 Å². The molecule has 0 saturated heterocycles. The third-order valence-corrected chi connectivity index (χ3v) is 4.96. The van der Waals surface area contributed by atoms with Gasteiger partial charge in [0.25, 0.3) is 11.6 Å². The zero-order chi connectivity index (χ0) is 18.7. The molecule has 0 aliphatic carbocycles. The molecule has 1 aliphatic heterocycles. The first kappa shape index (κ1) is 17.8. The number of rotatable bonds is 5. The van der Waals surface area contributed by atoms with Gasteiger partial charge in [0.05, 0.1) is 4.92 Å². The molecular formula is C18H15N3O4S. The minimum Gasteiger partial charge on any atom is -0.320 e. The molecule has 0 fully saturated rings. The summed E-state index contributed by atoms with van der Waals surface area (Å²) in [6.45, 7) is 1.73. The maximum atomic E-state index is 12.3. The summed E-state index contributed by atoms with van der Waals surface area (Å²) in [7, 11) is 0. The van der Waals surface area contributed by atoms with E-state index in [1.54, 1.807) is 13.0 Å². The quantitative estimate of drug-likeness (QED) is 0.643. The normalized spacial score (nSPS) is 16.3. The number of hydrogen-bond donors (Lipinski definition) is 1. The number of hydrogen-bond acceptors (Lipinski definition) is 5. The summed E-state index contributed by atoms with van der Waals surface area (Å²) in [5, 5.41) is 13.6. The van der Waals surface area contributed by atoms with Crippen molar-refractivity contribution in [2.75, 3.05) is 5.32 Å². The van der Waals surface area contributed by atoms with E-state index in [1.165, 1.54) is 23.9 Å². The first-order chi connectivity index (χ1) is 12.4. The monoisotopic (exact) mass is 369 g/mol. The number of thioether (sulfide) groups is 1. The number of aryl methyl sites for hydroxylation is 1. The molecule has 1 aliphatic rings. The van der Waals surface area contributed by atoms with E-state index in [0.29, 0.717) is 5.04 Å². The van der Waals surface area contributed by atoms with Crippen LogP contribution in [0.4, 0.5) is 11.4 Å². The van der Waals surface area contributed by atoms with E-state index in [0.717, 1.165) is 11.1 Å². The molecule has 0 unspecified atom stereocenters. The Labute approximate surface area is 153 Å². The number of nitro benzene ring substituents is 1. The molecule has 0 radical (unpaired) electrons. The van der Waals surface area contributed by atoms with Crippen molar-refractivity contribution in [3.63, 3.8) is 0 Å². The number of nitro groups is 1. The highest BCUT2D eigenvalue weighted by molar-refractivity contribution is 8.16.